The third kappa shape index (κ3) is 2.16. The fourth-order valence-corrected chi connectivity index (χ4v) is 2.96. The van der Waals surface area contributed by atoms with Crippen LogP contribution in [0.25, 0.3) is 0 Å². The highest BCUT2D eigenvalue weighted by molar-refractivity contribution is 6.05. The Bertz CT molecular complexity index is 536. The first-order chi connectivity index (χ1) is 9.70. The maximum Gasteiger partial charge on any atom is 0.233 e. The average Bonchev–Trinajstić information content (AvgIpc) is 2.74. The van der Waals surface area contributed by atoms with E-state index in [1.807, 2.05) is 36.4 Å². The van der Waals surface area contributed by atoms with E-state index in [0.29, 0.717) is 19.4 Å². The summed E-state index contributed by atoms with van der Waals surface area (Å²) in [7, 11) is 0. The van der Waals surface area contributed by atoms with Crippen LogP contribution < -0.4 is 0 Å². The largest absolute Gasteiger partial charge is 0.392 e. The van der Waals surface area contributed by atoms with Gasteiger partial charge in [-0.05, 0) is 24.0 Å². The molecule has 0 bridgehead atoms. The molecule has 2 aliphatic rings. The predicted molar refractivity (Wildman–Crippen MR) is 73.3 cm³/mol. The van der Waals surface area contributed by atoms with E-state index in [0.717, 1.165) is 11.1 Å². The minimum atomic E-state index is -0.163. The lowest BCUT2D eigenvalue weighted by Gasteiger charge is -2.14. The molecule has 0 radical (unpaired) electrons. The van der Waals surface area contributed by atoms with E-state index < -0.39 is 0 Å². The summed E-state index contributed by atoms with van der Waals surface area (Å²) in [5, 5.41) is 9.01. The Labute approximate surface area is 117 Å². The zero-order valence-electron chi connectivity index (χ0n) is 11.2. The molecule has 2 atom stereocenters. The number of fused-ring (bicyclic) bond motifs is 1. The van der Waals surface area contributed by atoms with Crippen LogP contribution in [0.3, 0.4) is 0 Å². The van der Waals surface area contributed by atoms with Crippen molar-refractivity contribution in [1.29, 1.82) is 0 Å². The van der Waals surface area contributed by atoms with Gasteiger partial charge in [-0.2, -0.15) is 0 Å². The molecule has 1 saturated heterocycles. The number of aliphatic hydroxyl groups is 1. The molecule has 1 heterocycles. The van der Waals surface area contributed by atoms with Gasteiger partial charge >= 0.3 is 0 Å². The van der Waals surface area contributed by atoms with Crippen LogP contribution in [0.2, 0.25) is 0 Å². The quantitative estimate of drug-likeness (QED) is 0.671. The van der Waals surface area contributed by atoms with Gasteiger partial charge in [0.1, 0.15) is 0 Å². The lowest BCUT2D eigenvalue weighted by molar-refractivity contribution is -0.140. The zero-order chi connectivity index (χ0) is 14.1. The van der Waals surface area contributed by atoms with Crippen LogP contribution >= 0.6 is 0 Å². The number of nitrogens with zero attached hydrogens (tertiary/aromatic N) is 1. The fourth-order valence-electron chi connectivity index (χ4n) is 2.96. The van der Waals surface area contributed by atoms with Gasteiger partial charge in [0.15, 0.2) is 0 Å². The van der Waals surface area contributed by atoms with Gasteiger partial charge in [0.25, 0.3) is 0 Å². The number of benzene rings is 1. The van der Waals surface area contributed by atoms with Crippen LogP contribution in [0.15, 0.2) is 36.4 Å². The second kappa shape index (κ2) is 5.21. The molecule has 1 fully saturated rings. The van der Waals surface area contributed by atoms with Gasteiger partial charge in [0, 0.05) is 0 Å². The Hall–Kier alpha value is -1.94. The average molecular weight is 271 g/mol. The van der Waals surface area contributed by atoms with E-state index in [9.17, 15) is 9.59 Å². The van der Waals surface area contributed by atoms with E-state index in [2.05, 4.69) is 0 Å². The first-order valence-corrected chi connectivity index (χ1v) is 6.89. The molecule has 2 unspecified atom stereocenters. The third-order valence-electron chi connectivity index (χ3n) is 4.15. The van der Waals surface area contributed by atoms with Crippen LogP contribution in [-0.4, -0.2) is 21.8 Å². The molecule has 3 rings (SSSR count). The summed E-state index contributed by atoms with van der Waals surface area (Å²) in [5.41, 5.74) is 1.74. The maximum absolute atomic E-state index is 12.3. The van der Waals surface area contributed by atoms with Crippen molar-refractivity contribution in [2.24, 2.45) is 11.8 Å². The molecule has 1 aliphatic heterocycles. The van der Waals surface area contributed by atoms with E-state index in [-0.39, 0.29) is 30.3 Å². The van der Waals surface area contributed by atoms with Crippen LogP contribution in [0, 0.1) is 11.8 Å². The Morgan fingerprint density at radius 1 is 0.950 bits per heavy atom. The molecule has 2 amide bonds. The standard InChI is InChI=1S/C16H17NO3/c18-10-12-7-5-11(6-8-12)9-17-15(19)13-3-1-2-4-14(13)16(17)20/h1-2,5-8,13-14,18H,3-4,9-10H2. The number of rotatable bonds is 3. The highest BCUT2D eigenvalue weighted by Gasteiger charge is 2.46. The zero-order valence-corrected chi connectivity index (χ0v) is 11.2. The van der Waals surface area contributed by atoms with Crippen molar-refractivity contribution >= 4 is 11.8 Å². The summed E-state index contributed by atoms with van der Waals surface area (Å²) >= 11 is 0. The van der Waals surface area contributed by atoms with Gasteiger partial charge in [-0.15, -0.1) is 0 Å². The van der Waals surface area contributed by atoms with Crippen LogP contribution in [-0.2, 0) is 22.7 Å². The summed E-state index contributed by atoms with van der Waals surface area (Å²) < 4.78 is 0. The molecule has 104 valence electrons. The SMILES string of the molecule is O=C1C2CC=CCC2C(=O)N1Cc1ccc(CO)cc1. The molecule has 0 aromatic heterocycles. The molecule has 1 aromatic carbocycles. The number of imide groups is 1. The van der Waals surface area contributed by atoms with E-state index in [1.54, 1.807) is 0 Å². The Morgan fingerprint density at radius 3 is 1.95 bits per heavy atom. The summed E-state index contributed by atoms with van der Waals surface area (Å²) in [6.07, 6.45) is 5.34. The number of amides is 2. The first-order valence-electron chi connectivity index (χ1n) is 6.89. The number of carbonyl (C=O) groups is 2. The van der Waals surface area contributed by atoms with Crippen molar-refractivity contribution in [1.82, 2.24) is 4.90 Å². The number of aliphatic hydroxyl groups excluding tert-OH is 1. The van der Waals surface area contributed by atoms with Crippen molar-refractivity contribution in [3.05, 3.63) is 47.5 Å². The molecule has 1 N–H and O–H groups in total. The van der Waals surface area contributed by atoms with E-state index in [1.165, 1.54) is 4.90 Å². The van der Waals surface area contributed by atoms with Crippen LogP contribution in [0.5, 0.6) is 0 Å². The molecule has 1 aliphatic carbocycles. The van der Waals surface area contributed by atoms with Gasteiger partial charge < -0.3 is 5.11 Å². The maximum atomic E-state index is 12.3. The summed E-state index contributed by atoms with van der Waals surface area (Å²) in [4.78, 5) is 26.0. The summed E-state index contributed by atoms with van der Waals surface area (Å²) in [6.45, 7) is 0.327. The van der Waals surface area contributed by atoms with Gasteiger partial charge in [0.2, 0.25) is 11.8 Å². The minimum Gasteiger partial charge on any atom is -0.392 e. The molecule has 4 heteroatoms. The van der Waals surface area contributed by atoms with Crippen molar-refractivity contribution in [3.63, 3.8) is 0 Å². The normalized spacial score (nSPS) is 25.1. The second-order valence-electron chi connectivity index (χ2n) is 5.39. The molecule has 1 aromatic rings. The third-order valence-corrected chi connectivity index (χ3v) is 4.15. The summed E-state index contributed by atoms with van der Waals surface area (Å²) in [6, 6.07) is 7.34. The van der Waals surface area contributed by atoms with Gasteiger partial charge in [0.05, 0.1) is 25.0 Å². The first kappa shape index (κ1) is 13.1. The van der Waals surface area contributed by atoms with Crippen molar-refractivity contribution in [2.45, 2.75) is 26.0 Å². The second-order valence-corrected chi connectivity index (χ2v) is 5.39. The van der Waals surface area contributed by atoms with E-state index >= 15 is 0 Å². The molecule has 4 nitrogen and oxygen atoms in total. The number of hydrogen-bond donors (Lipinski definition) is 1. The topological polar surface area (TPSA) is 57.6 Å². The van der Waals surface area contributed by atoms with Crippen LogP contribution in [0.4, 0.5) is 0 Å². The van der Waals surface area contributed by atoms with Crippen molar-refractivity contribution < 1.29 is 14.7 Å². The summed E-state index contributed by atoms with van der Waals surface area (Å²) in [5.74, 6) is -0.417. The van der Waals surface area contributed by atoms with Crippen LogP contribution in [0.1, 0.15) is 24.0 Å². The molecule has 0 spiro atoms. The predicted octanol–water partition coefficient (Wildman–Crippen LogP) is 1.63. The molecule has 20 heavy (non-hydrogen) atoms. The highest BCUT2D eigenvalue weighted by atomic mass is 16.3. The van der Waals surface area contributed by atoms with E-state index in [4.69, 9.17) is 5.11 Å². The van der Waals surface area contributed by atoms with Crippen molar-refractivity contribution in [3.8, 4) is 0 Å². The number of likely N-dealkylation sites (tertiary alicyclic amines) is 1. The fraction of sp³-hybridized carbons (Fsp3) is 0.375. The molecule has 0 saturated carbocycles. The lowest BCUT2D eigenvalue weighted by Crippen LogP contribution is -2.30. The highest BCUT2D eigenvalue weighted by Crippen LogP contribution is 2.35. The molecular formula is C16H17NO3. The minimum absolute atomic E-state index is 0.00231. The monoisotopic (exact) mass is 271 g/mol. The van der Waals surface area contributed by atoms with Gasteiger partial charge in [-0.3, -0.25) is 14.5 Å². The number of allylic oxidation sites excluding steroid dienone is 2. The van der Waals surface area contributed by atoms with Crippen molar-refractivity contribution in [2.75, 3.05) is 0 Å². The Balaban J connectivity index is 1.77. The van der Waals surface area contributed by atoms with Gasteiger partial charge in [-0.1, -0.05) is 36.4 Å². The Morgan fingerprint density at radius 2 is 1.45 bits per heavy atom. The van der Waals surface area contributed by atoms with Gasteiger partial charge in [-0.25, -0.2) is 0 Å². The number of carbonyl (C=O) groups excluding carboxylic acids is 2. The smallest absolute Gasteiger partial charge is 0.233 e. The Kier molecular flexibility index (Phi) is 3.40. The number of hydrogen-bond acceptors (Lipinski definition) is 3. The molecular weight excluding hydrogens is 254 g/mol. The lowest BCUT2D eigenvalue weighted by atomic mass is 9.85.